The number of rotatable bonds is 8. The molecule has 2 heterocycles. The SMILES string of the molecule is CNC(=O)C(C)Cn1cnc2ccc(-c3cnc(OC)c(NS(=O)(=O)c4cc(C)cc(Cl)c4)c3)cc2c1=O. The third-order valence-corrected chi connectivity index (χ3v) is 7.50. The first-order chi connectivity index (χ1) is 18.0. The van der Waals surface area contributed by atoms with Gasteiger partial charge >= 0.3 is 0 Å². The van der Waals surface area contributed by atoms with Crippen molar-refractivity contribution in [2.45, 2.75) is 25.3 Å². The van der Waals surface area contributed by atoms with Crippen LogP contribution >= 0.6 is 11.6 Å². The molecule has 0 radical (unpaired) electrons. The summed E-state index contributed by atoms with van der Waals surface area (Å²) in [7, 11) is -1.08. The molecule has 0 fully saturated rings. The second-order valence-corrected chi connectivity index (χ2v) is 10.9. The average Bonchev–Trinajstić information content (AvgIpc) is 2.88. The molecular formula is C26H26ClN5O5S. The smallest absolute Gasteiger partial charge is 0.262 e. The topological polar surface area (TPSA) is 132 Å². The number of aromatic nitrogens is 3. The first kappa shape index (κ1) is 27.1. The number of nitrogens with zero attached hydrogens (tertiary/aromatic N) is 3. The van der Waals surface area contributed by atoms with Gasteiger partial charge in [0.25, 0.3) is 15.6 Å². The summed E-state index contributed by atoms with van der Waals surface area (Å²) in [5, 5.41) is 3.22. The molecule has 12 heteroatoms. The maximum Gasteiger partial charge on any atom is 0.262 e. The Morgan fingerprint density at radius 2 is 1.89 bits per heavy atom. The maximum atomic E-state index is 13.2. The van der Waals surface area contributed by atoms with E-state index < -0.39 is 15.9 Å². The normalized spacial score (nSPS) is 12.2. The number of carbonyl (C=O) groups excluding carboxylic acids is 1. The predicted molar refractivity (Wildman–Crippen MR) is 146 cm³/mol. The first-order valence-electron chi connectivity index (χ1n) is 11.6. The molecule has 2 aromatic carbocycles. The summed E-state index contributed by atoms with van der Waals surface area (Å²) in [6.45, 7) is 3.64. The molecular weight excluding hydrogens is 530 g/mol. The number of methoxy groups -OCH3 is 1. The van der Waals surface area contributed by atoms with E-state index in [2.05, 4.69) is 20.0 Å². The number of ether oxygens (including phenoxy) is 1. The Hall–Kier alpha value is -3.96. The highest BCUT2D eigenvalue weighted by Gasteiger charge is 2.20. The van der Waals surface area contributed by atoms with E-state index in [0.717, 1.165) is 0 Å². The fraction of sp³-hybridized carbons (Fsp3) is 0.231. The summed E-state index contributed by atoms with van der Waals surface area (Å²) in [6, 6.07) is 11.2. The van der Waals surface area contributed by atoms with Crippen LogP contribution in [0.25, 0.3) is 22.0 Å². The van der Waals surface area contributed by atoms with E-state index in [9.17, 15) is 18.0 Å². The number of carbonyl (C=O) groups is 1. The van der Waals surface area contributed by atoms with Gasteiger partial charge in [0, 0.05) is 30.4 Å². The van der Waals surface area contributed by atoms with Crippen LogP contribution in [0.3, 0.4) is 0 Å². The van der Waals surface area contributed by atoms with Crippen LogP contribution < -0.4 is 20.3 Å². The summed E-state index contributed by atoms with van der Waals surface area (Å²) in [4.78, 5) is 33.7. The third kappa shape index (κ3) is 5.63. The number of halogens is 1. The number of anilines is 1. The number of benzene rings is 2. The fourth-order valence-electron chi connectivity index (χ4n) is 4.00. The molecule has 4 rings (SSSR count). The molecule has 1 unspecified atom stereocenters. The largest absolute Gasteiger partial charge is 0.480 e. The number of fused-ring (bicyclic) bond motifs is 1. The van der Waals surface area contributed by atoms with Crippen LogP contribution in [0.2, 0.25) is 5.02 Å². The quantitative estimate of drug-likeness (QED) is 0.339. The van der Waals surface area contributed by atoms with Crippen LogP contribution in [-0.2, 0) is 21.4 Å². The van der Waals surface area contributed by atoms with Crippen LogP contribution in [0.15, 0.2) is 64.7 Å². The van der Waals surface area contributed by atoms with E-state index >= 15 is 0 Å². The van der Waals surface area contributed by atoms with Crippen LogP contribution in [0.4, 0.5) is 5.69 Å². The second kappa shape index (κ2) is 10.8. The van der Waals surface area contributed by atoms with Gasteiger partial charge in [-0.15, -0.1) is 0 Å². The Labute approximate surface area is 224 Å². The zero-order valence-corrected chi connectivity index (χ0v) is 22.7. The number of sulfonamides is 1. The Morgan fingerprint density at radius 3 is 2.58 bits per heavy atom. The van der Waals surface area contributed by atoms with Crippen molar-refractivity contribution >= 4 is 44.1 Å². The van der Waals surface area contributed by atoms with Gasteiger partial charge in [-0.2, -0.15) is 0 Å². The number of pyridine rings is 1. The first-order valence-corrected chi connectivity index (χ1v) is 13.4. The molecule has 0 aliphatic heterocycles. The highest BCUT2D eigenvalue weighted by atomic mass is 35.5. The molecule has 1 amide bonds. The number of hydrogen-bond acceptors (Lipinski definition) is 7. The minimum atomic E-state index is -4.01. The Balaban J connectivity index is 1.73. The lowest BCUT2D eigenvalue weighted by Gasteiger charge is -2.14. The predicted octanol–water partition coefficient (Wildman–Crippen LogP) is 3.61. The van der Waals surface area contributed by atoms with Crippen molar-refractivity contribution in [2.75, 3.05) is 18.9 Å². The van der Waals surface area contributed by atoms with Crippen molar-refractivity contribution in [3.8, 4) is 17.0 Å². The van der Waals surface area contributed by atoms with Gasteiger partial charge in [0.1, 0.15) is 5.69 Å². The minimum Gasteiger partial charge on any atom is -0.480 e. The van der Waals surface area contributed by atoms with Crippen LogP contribution in [0, 0.1) is 12.8 Å². The highest BCUT2D eigenvalue weighted by Crippen LogP contribution is 2.31. The van der Waals surface area contributed by atoms with Gasteiger partial charge in [-0.05, 0) is 54.4 Å². The summed E-state index contributed by atoms with van der Waals surface area (Å²) in [6.07, 6.45) is 2.94. The number of aryl methyl sites for hydroxylation is 1. The lowest BCUT2D eigenvalue weighted by molar-refractivity contribution is -0.124. The zero-order valence-electron chi connectivity index (χ0n) is 21.1. The Bertz CT molecular complexity index is 1680. The van der Waals surface area contributed by atoms with Crippen LogP contribution in [0.5, 0.6) is 5.88 Å². The molecule has 4 aromatic rings. The second-order valence-electron chi connectivity index (χ2n) is 8.80. The number of amides is 1. The van der Waals surface area contributed by atoms with Crippen LogP contribution in [0.1, 0.15) is 12.5 Å². The number of nitrogens with one attached hydrogen (secondary N) is 2. The Kier molecular flexibility index (Phi) is 7.70. The molecule has 2 aromatic heterocycles. The molecule has 0 aliphatic rings. The molecule has 38 heavy (non-hydrogen) atoms. The molecule has 1 atom stereocenters. The molecule has 2 N–H and O–H groups in total. The van der Waals surface area contributed by atoms with Gasteiger partial charge in [-0.1, -0.05) is 24.6 Å². The maximum absolute atomic E-state index is 13.2. The molecule has 0 saturated heterocycles. The van der Waals surface area contributed by atoms with Gasteiger partial charge < -0.3 is 10.1 Å². The van der Waals surface area contributed by atoms with E-state index in [0.29, 0.717) is 32.6 Å². The van der Waals surface area contributed by atoms with E-state index in [1.165, 1.54) is 36.3 Å². The summed E-state index contributed by atoms with van der Waals surface area (Å²) in [5.74, 6) is -0.535. The van der Waals surface area contributed by atoms with Gasteiger partial charge in [0.15, 0.2) is 0 Å². The van der Waals surface area contributed by atoms with Crippen molar-refractivity contribution in [1.29, 1.82) is 0 Å². The average molecular weight is 556 g/mol. The standard InChI is InChI=1S/C26H26ClN5O5S/c1-15-7-19(27)11-20(8-15)38(35,36)31-23-10-18(12-29-25(23)37-4)17-5-6-22-21(9-17)26(34)32(14-30-22)13-16(2)24(33)28-3/h5-12,14,16,31H,13H2,1-4H3,(H,28,33). The molecule has 0 bridgehead atoms. The molecule has 0 spiro atoms. The zero-order chi connectivity index (χ0) is 27.6. The van der Waals surface area contributed by atoms with Gasteiger partial charge in [0.2, 0.25) is 11.8 Å². The van der Waals surface area contributed by atoms with Gasteiger partial charge in [-0.25, -0.2) is 18.4 Å². The van der Waals surface area contributed by atoms with Crippen molar-refractivity contribution in [3.05, 3.63) is 75.9 Å². The summed E-state index contributed by atoms with van der Waals surface area (Å²) >= 11 is 6.06. The van der Waals surface area contributed by atoms with E-state index in [1.54, 1.807) is 51.2 Å². The lowest BCUT2D eigenvalue weighted by atomic mass is 10.0. The Morgan fingerprint density at radius 1 is 1.13 bits per heavy atom. The summed E-state index contributed by atoms with van der Waals surface area (Å²) < 4.78 is 35.4. The fourth-order valence-corrected chi connectivity index (χ4v) is 5.53. The van der Waals surface area contributed by atoms with Crippen molar-refractivity contribution in [1.82, 2.24) is 19.9 Å². The number of hydrogen-bond donors (Lipinski definition) is 2. The van der Waals surface area contributed by atoms with Crippen molar-refractivity contribution < 1.29 is 17.9 Å². The molecule has 10 nitrogen and oxygen atoms in total. The van der Waals surface area contributed by atoms with Crippen LogP contribution in [-0.4, -0.2) is 43.0 Å². The summed E-state index contributed by atoms with van der Waals surface area (Å²) in [5.41, 5.74) is 2.15. The minimum absolute atomic E-state index is 0.00160. The van der Waals surface area contributed by atoms with E-state index in [1.807, 2.05) is 0 Å². The van der Waals surface area contributed by atoms with Gasteiger partial charge in [0.05, 0.1) is 35.2 Å². The molecule has 0 saturated carbocycles. The monoisotopic (exact) mass is 555 g/mol. The molecule has 0 aliphatic carbocycles. The lowest BCUT2D eigenvalue weighted by Crippen LogP contribution is -2.32. The third-order valence-electron chi connectivity index (χ3n) is 5.94. The van der Waals surface area contributed by atoms with E-state index in [-0.39, 0.29) is 34.5 Å². The van der Waals surface area contributed by atoms with E-state index in [4.69, 9.17) is 16.3 Å². The molecule has 198 valence electrons. The highest BCUT2D eigenvalue weighted by molar-refractivity contribution is 7.92. The van der Waals surface area contributed by atoms with Crippen molar-refractivity contribution in [2.24, 2.45) is 5.92 Å². The van der Waals surface area contributed by atoms with Crippen molar-refractivity contribution in [3.63, 3.8) is 0 Å². The van der Waals surface area contributed by atoms with Gasteiger partial charge in [-0.3, -0.25) is 18.9 Å².